The predicted molar refractivity (Wildman–Crippen MR) is 127 cm³/mol. The van der Waals surface area contributed by atoms with Crippen LogP contribution in [0.4, 0.5) is 5.69 Å². The molecule has 176 valence electrons. The number of halogens is 1. The third-order valence-corrected chi connectivity index (χ3v) is 7.76. The van der Waals surface area contributed by atoms with Gasteiger partial charge >= 0.3 is 0 Å². The molecular formula is C26H26ClN3O4. The third kappa shape index (κ3) is 3.63. The zero-order chi connectivity index (χ0) is 23.6. The maximum atomic E-state index is 13.6. The van der Waals surface area contributed by atoms with Crippen LogP contribution in [-0.2, 0) is 27.3 Å². The van der Waals surface area contributed by atoms with Gasteiger partial charge in [0.25, 0.3) is 5.91 Å². The Morgan fingerprint density at radius 1 is 1.12 bits per heavy atom. The standard InChI is InChI=1S/C26H26ClN3O4/c1-15-2-3-16-6-7-28(12-18(16)8-15)26(33)22-10-17-9-20(17)30(22)24(31)13-29-21-11-19(27)4-5-23(21)34-14-25(29)32/h2-5,8,11,17,20,22H,6-7,9-10,12-14H2,1H3/t17-,20-,22-/m0/s1. The van der Waals surface area contributed by atoms with E-state index in [4.69, 9.17) is 16.3 Å². The number of carbonyl (C=O) groups is 3. The molecule has 1 saturated heterocycles. The molecule has 0 N–H and O–H groups in total. The highest BCUT2D eigenvalue weighted by Gasteiger charge is 2.57. The van der Waals surface area contributed by atoms with Crippen LogP contribution in [0.1, 0.15) is 29.5 Å². The van der Waals surface area contributed by atoms with Crippen LogP contribution in [0.2, 0.25) is 5.02 Å². The second-order valence-electron chi connectivity index (χ2n) is 9.78. The monoisotopic (exact) mass is 479 g/mol. The van der Waals surface area contributed by atoms with Crippen molar-refractivity contribution in [3.05, 3.63) is 58.1 Å². The third-order valence-electron chi connectivity index (χ3n) is 7.52. The number of amides is 3. The van der Waals surface area contributed by atoms with Crippen molar-refractivity contribution in [2.45, 2.75) is 44.8 Å². The van der Waals surface area contributed by atoms with Crippen LogP contribution < -0.4 is 9.64 Å². The molecule has 2 fully saturated rings. The molecule has 0 radical (unpaired) electrons. The number of hydrogen-bond acceptors (Lipinski definition) is 4. The molecule has 3 heterocycles. The first kappa shape index (κ1) is 21.5. The van der Waals surface area contributed by atoms with Gasteiger partial charge in [-0.2, -0.15) is 0 Å². The lowest BCUT2D eigenvalue weighted by Gasteiger charge is -2.36. The van der Waals surface area contributed by atoms with Gasteiger partial charge in [0.2, 0.25) is 11.8 Å². The Hall–Kier alpha value is -3.06. The van der Waals surface area contributed by atoms with Crippen molar-refractivity contribution < 1.29 is 19.1 Å². The molecule has 7 nitrogen and oxygen atoms in total. The van der Waals surface area contributed by atoms with Gasteiger partial charge in [-0.3, -0.25) is 19.3 Å². The van der Waals surface area contributed by atoms with Gasteiger partial charge in [-0.05, 0) is 61.4 Å². The molecule has 4 aliphatic rings. The van der Waals surface area contributed by atoms with Crippen LogP contribution in [0, 0.1) is 12.8 Å². The lowest BCUT2D eigenvalue weighted by atomic mass is 9.97. The SMILES string of the molecule is Cc1ccc2c(c1)CN(C(=O)[C@@H]1C[C@@H]3C[C@@H]3N1C(=O)CN1C(=O)COc3ccc(Cl)cc31)CC2. The van der Waals surface area contributed by atoms with Crippen LogP contribution >= 0.6 is 11.6 Å². The van der Waals surface area contributed by atoms with Crippen molar-refractivity contribution in [2.24, 2.45) is 5.92 Å². The van der Waals surface area contributed by atoms with Crippen molar-refractivity contribution in [1.29, 1.82) is 0 Å². The summed E-state index contributed by atoms with van der Waals surface area (Å²) in [5, 5.41) is 0.464. The van der Waals surface area contributed by atoms with Crippen LogP contribution in [0.25, 0.3) is 0 Å². The summed E-state index contributed by atoms with van der Waals surface area (Å²) in [5.41, 5.74) is 4.16. The normalized spacial score (nSPS) is 24.8. The topological polar surface area (TPSA) is 70.2 Å². The van der Waals surface area contributed by atoms with E-state index in [-0.39, 0.29) is 36.9 Å². The van der Waals surface area contributed by atoms with E-state index < -0.39 is 6.04 Å². The van der Waals surface area contributed by atoms with Crippen molar-refractivity contribution in [3.8, 4) is 5.75 Å². The molecule has 3 aliphatic heterocycles. The highest BCUT2D eigenvalue weighted by Crippen LogP contribution is 2.48. The van der Waals surface area contributed by atoms with Crippen molar-refractivity contribution >= 4 is 35.0 Å². The molecule has 8 heteroatoms. The Bertz CT molecular complexity index is 1210. The maximum Gasteiger partial charge on any atom is 0.265 e. The summed E-state index contributed by atoms with van der Waals surface area (Å²) in [7, 11) is 0. The number of carbonyl (C=O) groups excluding carboxylic acids is 3. The lowest BCUT2D eigenvalue weighted by molar-refractivity contribution is -0.145. The average molecular weight is 480 g/mol. The van der Waals surface area contributed by atoms with E-state index in [1.165, 1.54) is 21.6 Å². The van der Waals surface area contributed by atoms with E-state index >= 15 is 0 Å². The number of ether oxygens (including phenoxy) is 1. The van der Waals surface area contributed by atoms with Crippen LogP contribution in [0.15, 0.2) is 36.4 Å². The van der Waals surface area contributed by atoms with E-state index in [0.717, 1.165) is 12.8 Å². The molecule has 0 unspecified atom stereocenters. The van der Waals surface area contributed by atoms with Gasteiger partial charge in [0.05, 0.1) is 5.69 Å². The summed E-state index contributed by atoms with van der Waals surface area (Å²) in [6.07, 6.45) is 2.46. The molecule has 0 bridgehead atoms. The first-order valence-corrected chi connectivity index (χ1v) is 12.2. The molecule has 2 aromatic rings. The quantitative estimate of drug-likeness (QED) is 0.678. The molecular weight excluding hydrogens is 454 g/mol. The number of aryl methyl sites for hydroxylation is 1. The molecule has 1 saturated carbocycles. The highest BCUT2D eigenvalue weighted by molar-refractivity contribution is 6.31. The van der Waals surface area contributed by atoms with Gasteiger partial charge < -0.3 is 14.5 Å². The summed E-state index contributed by atoms with van der Waals surface area (Å²) >= 11 is 6.14. The highest BCUT2D eigenvalue weighted by atomic mass is 35.5. The first-order valence-electron chi connectivity index (χ1n) is 11.8. The van der Waals surface area contributed by atoms with Crippen molar-refractivity contribution in [2.75, 3.05) is 24.6 Å². The van der Waals surface area contributed by atoms with Gasteiger partial charge in [-0.1, -0.05) is 35.4 Å². The fourth-order valence-electron chi connectivity index (χ4n) is 5.69. The summed E-state index contributed by atoms with van der Waals surface area (Å²) in [4.78, 5) is 44.8. The van der Waals surface area contributed by atoms with Gasteiger partial charge in [0, 0.05) is 24.2 Å². The lowest BCUT2D eigenvalue weighted by Crippen LogP contribution is -2.53. The number of piperidine rings is 1. The number of hydrogen-bond donors (Lipinski definition) is 0. The Labute approximate surface area is 203 Å². The van der Waals surface area contributed by atoms with Gasteiger partial charge in [0.1, 0.15) is 18.3 Å². The first-order chi connectivity index (χ1) is 16.4. The molecule has 3 amide bonds. The van der Waals surface area contributed by atoms with E-state index in [0.29, 0.717) is 41.9 Å². The Kier molecular flexibility index (Phi) is 5.06. The van der Waals surface area contributed by atoms with E-state index in [1.807, 2.05) is 4.90 Å². The van der Waals surface area contributed by atoms with Crippen molar-refractivity contribution in [3.63, 3.8) is 0 Å². The summed E-state index contributed by atoms with van der Waals surface area (Å²) in [6.45, 7) is 3.06. The smallest absolute Gasteiger partial charge is 0.265 e. The van der Waals surface area contributed by atoms with E-state index in [2.05, 4.69) is 25.1 Å². The number of anilines is 1. The molecule has 3 atom stereocenters. The van der Waals surface area contributed by atoms with E-state index in [1.54, 1.807) is 23.1 Å². The van der Waals surface area contributed by atoms with Crippen molar-refractivity contribution in [1.82, 2.24) is 9.80 Å². The van der Waals surface area contributed by atoms with Gasteiger partial charge in [-0.25, -0.2) is 0 Å². The fraction of sp³-hybridized carbons (Fsp3) is 0.423. The summed E-state index contributed by atoms with van der Waals surface area (Å²) in [5.74, 6) is 0.430. The zero-order valence-corrected chi connectivity index (χ0v) is 19.8. The Morgan fingerprint density at radius 2 is 1.97 bits per heavy atom. The minimum atomic E-state index is -0.461. The fourth-order valence-corrected chi connectivity index (χ4v) is 5.85. The summed E-state index contributed by atoms with van der Waals surface area (Å²) in [6, 6.07) is 11.1. The zero-order valence-electron chi connectivity index (χ0n) is 19.0. The summed E-state index contributed by atoms with van der Waals surface area (Å²) < 4.78 is 5.50. The van der Waals surface area contributed by atoms with Gasteiger partial charge in [0.15, 0.2) is 6.61 Å². The number of benzene rings is 2. The molecule has 2 aromatic carbocycles. The van der Waals surface area contributed by atoms with Gasteiger partial charge in [-0.15, -0.1) is 0 Å². The average Bonchev–Trinajstić information content (AvgIpc) is 3.49. The predicted octanol–water partition coefficient (Wildman–Crippen LogP) is 2.95. The number of likely N-dealkylation sites (tertiary alicyclic amines) is 1. The second-order valence-corrected chi connectivity index (χ2v) is 10.2. The molecule has 6 rings (SSSR count). The minimum Gasteiger partial charge on any atom is -0.482 e. The molecule has 34 heavy (non-hydrogen) atoms. The van der Waals surface area contributed by atoms with Crippen LogP contribution in [0.3, 0.4) is 0 Å². The minimum absolute atomic E-state index is 0.0180. The molecule has 1 aliphatic carbocycles. The second kappa shape index (κ2) is 8.01. The van der Waals surface area contributed by atoms with Crippen LogP contribution in [0.5, 0.6) is 5.75 Å². The molecule has 0 spiro atoms. The van der Waals surface area contributed by atoms with Crippen LogP contribution in [-0.4, -0.2) is 59.3 Å². The maximum absolute atomic E-state index is 13.6. The number of nitrogens with zero attached hydrogens (tertiary/aromatic N) is 3. The number of rotatable bonds is 3. The Morgan fingerprint density at radius 3 is 2.82 bits per heavy atom. The Balaban J connectivity index is 1.21. The molecule has 0 aromatic heterocycles. The largest absolute Gasteiger partial charge is 0.482 e. The van der Waals surface area contributed by atoms with E-state index in [9.17, 15) is 14.4 Å². The number of fused-ring (bicyclic) bond motifs is 3.